The molecule has 3 heteroatoms. The number of nitrogens with one attached hydrogen (secondary N) is 1. The molecule has 1 aromatic rings. The first-order chi connectivity index (χ1) is 9.97. The third kappa shape index (κ3) is 8.74. The van der Waals surface area contributed by atoms with Crippen LogP contribution in [0.4, 0.5) is 0 Å². The Kier molecular flexibility index (Phi) is 8.40. The summed E-state index contributed by atoms with van der Waals surface area (Å²) in [4.78, 5) is 2.31. The van der Waals surface area contributed by atoms with Gasteiger partial charge in [-0.3, -0.25) is 0 Å². The van der Waals surface area contributed by atoms with Crippen molar-refractivity contribution in [2.45, 2.75) is 34.2 Å². The van der Waals surface area contributed by atoms with Crippen molar-refractivity contribution in [1.82, 2.24) is 10.2 Å². The lowest BCUT2D eigenvalue weighted by Gasteiger charge is -2.19. The number of ether oxygens (including phenoxy) is 1. The average Bonchev–Trinajstić information content (AvgIpc) is 2.39. The maximum absolute atomic E-state index is 5.79. The van der Waals surface area contributed by atoms with Crippen molar-refractivity contribution in [3.05, 3.63) is 29.8 Å². The Morgan fingerprint density at radius 3 is 2.29 bits per heavy atom. The van der Waals surface area contributed by atoms with E-state index >= 15 is 0 Å². The lowest BCUT2D eigenvalue weighted by Crippen LogP contribution is -2.27. The Balaban J connectivity index is 2.24. The lowest BCUT2D eigenvalue weighted by molar-refractivity contribution is 0.222. The first-order valence-electron chi connectivity index (χ1n) is 8.08. The molecule has 0 amide bonds. The van der Waals surface area contributed by atoms with Gasteiger partial charge in [-0.25, -0.2) is 0 Å². The normalized spacial score (nSPS) is 11.6. The van der Waals surface area contributed by atoms with Crippen LogP contribution in [0.25, 0.3) is 0 Å². The number of nitrogens with zero attached hydrogens (tertiary/aromatic N) is 1. The zero-order valence-corrected chi connectivity index (χ0v) is 14.4. The van der Waals surface area contributed by atoms with Gasteiger partial charge in [-0.1, -0.05) is 39.8 Å². The second-order valence-electron chi connectivity index (χ2n) is 6.67. The number of likely N-dealkylation sites (N-methyl/N-ethyl adjacent to an activating group) is 1. The van der Waals surface area contributed by atoms with Crippen LogP contribution >= 0.6 is 0 Å². The van der Waals surface area contributed by atoms with E-state index in [9.17, 15) is 0 Å². The predicted octanol–water partition coefficient (Wildman–Crippen LogP) is 3.40. The minimum absolute atomic E-state index is 0.690. The van der Waals surface area contributed by atoms with E-state index in [0.29, 0.717) is 11.8 Å². The molecule has 0 aliphatic rings. The van der Waals surface area contributed by atoms with Crippen LogP contribution in [0.15, 0.2) is 24.3 Å². The molecule has 1 aromatic carbocycles. The maximum atomic E-state index is 5.79. The van der Waals surface area contributed by atoms with Gasteiger partial charge in [0.2, 0.25) is 0 Å². The summed E-state index contributed by atoms with van der Waals surface area (Å²) in [5.74, 6) is 2.35. The summed E-state index contributed by atoms with van der Waals surface area (Å²) in [6.07, 6.45) is 0. The zero-order valence-electron chi connectivity index (χ0n) is 14.4. The fraction of sp³-hybridized carbons (Fsp3) is 0.667. The van der Waals surface area contributed by atoms with Gasteiger partial charge in [-0.15, -0.1) is 0 Å². The molecule has 0 aromatic heterocycles. The topological polar surface area (TPSA) is 24.5 Å². The van der Waals surface area contributed by atoms with Crippen molar-refractivity contribution in [1.29, 1.82) is 0 Å². The zero-order chi connectivity index (χ0) is 15.7. The predicted molar refractivity (Wildman–Crippen MR) is 90.8 cm³/mol. The van der Waals surface area contributed by atoms with E-state index in [1.807, 2.05) is 0 Å². The molecule has 0 heterocycles. The summed E-state index contributed by atoms with van der Waals surface area (Å²) in [7, 11) is 2.15. The largest absolute Gasteiger partial charge is 0.492 e. The van der Waals surface area contributed by atoms with Crippen LogP contribution in [0.2, 0.25) is 0 Å². The van der Waals surface area contributed by atoms with E-state index < -0.39 is 0 Å². The quantitative estimate of drug-likeness (QED) is 0.715. The molecule has 0 aliphatic heterocycles. The number of benzene rings is 1. The highest BCUT2D eigenvalue weighted by molar-refractivity contribution is 5.27. The third-order valence-electron chi connectivity index (χ3n) is 3.22. The third-order valence-corrected chi connectivity index (χ3v) is 3.22. The second-order valence-corrected chi connectivity index (χ2v) is 6.67. The summed E-state index contributed by atoms with van der Waals surface area (Å²) in [6, 6.07) is 8.41. The van der Waals surface area contributed by atoms with Gasteiger partial charge in [0.1, 0.15) is 12.4 Å². The summed E-state index contributed by atoms with van der Waals surface area (Å²) in [5, 5.41) is 3.45. The van der Waals surface area contributed by atoms with E-state index in [1.54, 1.807) is 0 Å². The highest BCUT2D eigenvalue weighted by Crippen LogP contribution is 2.12. The fourth-order valence-corrected chi connectivity index (χ4v) is 2.24. The van der Waals surface area contributed by atoms with E-state index in [4.69, 9.17) is 4.74 Å². The summed E-state index contributed by atoms with van der Waals surface area (Å²) < 4.78 is 5.79. The molecule has 0 saturated carbocycles. The average molecular weight is 292 g/mol. The molecule has 0 unspecified atom stereocenters. The van der Waals surface area contributed by atoms with Crippen molar-refractivity contribution in [2.24, 2.45) is 11.8 Å². The molecule has 1 N–H and O–H groups in total. The molecular formula is C18H32N2O. The van der Waals surface area contributed by atoms with Gasteiger partial charge in [-0.05, 0) is 43.1 Å². The Morgan fingerprint density at radius 1 is 1.05 bits per heavy atom. The monoisotopic (exact) mass is 292 g/mol. The SMILES string of the molecule is CC(C)CNCc1ccc(OCCN(C)CC(C)C)cc1. The Morgan fingerprint density at radius 2 is 1.71 bits per heavy atom. The smallest absolute Gasteiger partial charge is 0.119 e. The molecule has 0 radical (unpaired) electrons. The van der Waals surface area contributed by atoms with Crippen molar-refractivity contribution >= 4 is 0 Å². The maximum Gasteiger partial charge on any atom is 0.119 e. The molecule has 0 spiro atoms. The van der Waals surface area contributed by atoms with E-state index in [2.05, 4.69) is 69.2 Å². The summed E-state index contributed by atoms with van der Waals surface area (Å²) in [5.41, 5.74) is 1.31. The highest BCUT2D eigenvalue weighted by Gasteiger charge is 2.02. The Hall–Kier alpha value is -1.06. The van der Waals surface area contributed by atoms with Gasteiger partial charge in [-0.2, -0.15) is 0 Å². The number of hydrogen-bond acceptors (Lipinski definition) is 3. The minimum Gasteiger partial charge on any atom is -0.492 e. The number of rotatable bonds is 10. The Labute approximate surface area is 130 Å². The minimum atomic E-state index is 0.690. The van der Waals surface area contributed by atoms with Crippen molar-refractivity contribution in [2.75, 3.05) is 33.3 Å². The molecule has 0 aliphatic carbocycles. The van der Waals surface area contributed by atoms with Crippen molar-refractivity contribution in [3.63, 3.8) is 0 Å². The molecule has 0 saturated heterocycles. The summed E-state index contributed by atoms with van der Waals surface area (Å²) >= 11 is 0. The van der Waals surface area contributed by atoms with Crippen LogP contribution in [0.5, 0.6) is 5.75 Å². The van der Waals surface area contributed by atoms with Gasteiger partial charge in [0.05, 0.1) is 0 Å². The molecule has 21 heavy (non-hydrogen) atoms. The van der Waals surface area contributed by atoms with Crippen LogP contribution in [0.3, 0.4) is 0 Å². The fourth-order valence-electron chi connectivity index (χ4n) is 2.24. The lowest BCUT2D eigenvalue weighted by atomic mass is 10.2. The van der Waals surface area contributed by atoms with E-state index in [-0.39, 0.29) is 0 Å². The second kappa shape index (κ2) is 9.80. The van der Waals surface area contributed by atoms with E-state index in [1.165, 1.54) is 5.56 Å². The van der Waals surface area contributed by atoms with Crippen LogP contribution in [-0.2, 0) is 6.54 Å². The van der Waals surface area contributed by atoms with Gasteiger partial charge in [0.15, 0.2) is 0 Å². The molecule has 3 nitrogen and oxygen atoms in total. The Bertz CT molecular complexity index is 373. The highest BCUT2D eigenvalue weighted by atomic mass is 16.5. The number of hydrogen-bond donors (Lipinski definition) is 1. The van der Waals surface area contributed by atoms with Gasteiger partial charge in [0, 0.05) is 19.6 Å². The van der Waals surface area contributed by atoms with E-state index in [0.717, 1.165) is 38.5 Å². The van der Waals surface area contributed by atoms with Gasteiger partial charge < -0.3 is 15.0 Å². The van der Waals surface area contributed by atoms with Crippen LogP contribution in [0.1, 0.15) is 33.3 Å². The molecule has 0 bridgehead atoms. The molecule has 120 valence electrons. The van der Waals surface area contributed by atoms with Crippen molar-refractivity contribution < 1.29 is 4.74 Å². The first kappa shape index (κ1) is 18.0. The first-order valence-corrected chi connectivity index (χ1v) is 8.08. The van der Waals surface area contributed by atoms with Crippen molar-refractivity contribution in [3.8, 4) is 5.75 Å². The van der Waals surface area contributed by atoms with Crippen LogP contribution in [-0.4, -0.2) is 38.2 Å². The summed E-state index contributed by atoms with van der Waals surface area (Å²) in [6.45, 7) is 13.7. The van der Waals surface area contributed by atoms with Gasteiger partial charge >= 0.3 is 0 Å². The molecule has 1 rings (SSSR count). The van der Waals surface area contributed by atoms with Crippen LogP contribution in [0, 0.1) is 11.8 Å². The van der Waals surface area contributed by atoms with Crippen LogP contribution < -0.4 is 10.1 Å². The molecule has 0 atom stereocenters. The molecular weight excluding hydrogens is 260 g/mol. The molecule has 0 fully saturated rings. The van der Waals surface area contributed by atoms with Gasteiger partial charge in [0.25, 0.3) is 0 Å². The standard InChI is InChI=1S/C18H32N2O/c1-15(2)12-19-13-17-6-8-18(9-7-17)21-11-10-20(5)14-16(3)4/h6-9,15-16,19H,10-14H2,1-5H3.